The first-order chi connectivity index (χ1) is 44.2. The molecule has 1 fully saturated rings. The second-order valence-corrected chi connectivity index (χ2v) is 23.9. The van der Waals surface area contributed by atoms with Crippen molar-refractivity contribution in [2.24, 2.45) is 23.2 Å². The van der Waals surface area contributed by atoms with Gasteiger partial charge in [0, 0.05) is 19.4 Å². The Hall–Kier alpha value is -3.68. The van der Waals surface area contributed by atoms with Crippen LogP contribution >= 0.6 is 0 Å². The summed E-state index contributed by atoms with van der Waals surface area (Å²) in [7, 11) is 0. The number of esters is 1. The number of aliphatic carboxylic acids is 2. The lowest BCUT2D eigenvalue weighted by Gasteiger charge is -2.28. The highest BCUT2D eigenvalue weighted by molar-refractivity contribution is 6.01. The van der Waals surface area contributed by atoms with E-state index in [1.54, 1.807) is 0 Å². The average Bonchev–Trinajstić information content (AvgIpc) is 1.63. The SMILES string of the molecule is C=CCCCCCCCCCC(CCCCCCCCCCC(=O)O)(C(=O)O)C(=O)NCCOCCOCCOCCOCCOCCOCCOCCOCCOCCOCCOCCn1nnc2c1CC[C@@H]1[C@H](CC2)[C@@H]1COC(=O)CCCCCCCC. The minimum atomic E-state index is -1.46. The zero-order valence-electron chi connectivity index (χ0n) is 55.7. The van der Waals surface area contributed by atoms with Crippen LogP contribution in [-0.2, 0) is 95.4 Å². The van der Waals surface area contributed by atoms with Gasteiger partial charge in [-0.2, -0.15) is 0 Å². The van der Waals surface area contributed by atoms with Crippen LogP contribution in [0.2, 0.25) is 0 Å². The maximum atomic E-state index is 13.6. The van der Waals surface area contributed by atoms with Crippen molar-refractivity contribution in [1.29, 1.82) is 0 Å². The molecule has 0 bridgehead atoms. The van der Waals surface area contributed by atoms with Gasteiger partial charge in [0.25, 0.3) is 0 Å². The fourth-order valence-corrected chi connectivity index (χ4v) is 11.4. The summed E-state index contributed by atoms with van der Waals surface area (Å²) < 4.78 is 69.5. The van der Waals surface area contributed by atoms with Crippen LogP contribution in [0.1, 0.15) is 198 Å². The molecule has 4 atom stereocenters. The van der Waals surface area contributed by atoms with Gasteiger partial charge in [0.05, 0.1) is 170 Å². The number of allylic oxidation sites excluding steroid dienone is 1. The smallest absolute Gasteiger partial charge is 0.319 e. The van der Waals surface area contributed by atoms with Crippen LogP contribution in [0.3, 0.4) is 0 Å². The molecule has 22 heteroatoms. The Balaban J connectivity index is 1.02. The monoisotopic (exact) mass is 1280 g/mol. The quantitative estimate of drug-likeness (QED) is 0.0237. The highest BCUT2D eigenvalue weighted by atomic mass is 16.6. The lowest BCUT2D eigenvalue weighted by molar-refractivity contribution is -0.157. The molecule has 1 saturated carbocycles. The van der Waals surface area contributed by atoms with E-state index in [9.17, 15) is 24.3 Å². The number of nitrogens with zero attached hydrogens (tertiary/aromatic N) is 3. The van der Waals surface area contributed by atoms with Gasteiger partial charge < -0.3 is 72.4 Å². The highest BCUT2D eigenvalue weighted by Gasteiger charge is 2.50. The third-order valence-corrected chi connectivity index (χ3v) is 16.8. The Morgan fingerprint density at radius 2 is 0.900 bits per heavy atom. The zero-order chi connectivity index (χ0) is 64.5. The van der Waals surface area contributed by atoms with E-state index >= 15 is 0 Å². The number of carboxylic acid groups (broad SMARTS) is 2. The zero-order valence-corrected chi connectivity index (χ0v) is 55.7. The number of fused-ring (bicyclic) bond motifs is 2. The number of unbranched alkanes of at least 4 members (excludes halogenated alkanes) is 19. The summed E-state index contributed by atoms with van der Waals surface area (Å²) in [6, 6.07) is 0. The summed E-state index contributed by atoms with van der Waals surface area (Å²) in [5, 5.41) is 31.1. The van der Waals surface area contributed by atoms with Gasteiger partial charge in [-0.1, -0.05) is 134 Å². The first-order valence-corrected chi connectivity index (χ1v) is 35.0. The van der Waals surface area contributed by atoms with Crippen molar-refractivity contribution in [2.45, 2.75) is 206 Å². The van der Waals surface area contributed by atoms with Gasteiger partial charge in [-0.3, -0.25) is 19.2 Å². The number of amides is 1. The Kier molecular flexibility index (Phi) is 50.9. The first-order valence-electron chi connectivity index (χ1n) is 35.0. The van der Waals surface area contributed by atoms with Crippen LogP contribution in [0.15, 0.2) is 12.7 Å². The van der Waals surface area contributed by atoms with Gasteiger partial charge >= 0.3 is 17.9 Å². The summed E-state index contributed by atoms with van der Waals surface area (Å²) in [5.41, 5.74) is 0.858. The Bertz CT molecular complexity index is 1920. The molecule has 3 N–H and O–H groups in total. The number of carbonyl (C=O) groups excluding carboxylic acids is 2. The molecule has 2 aliphatic carbocycles. The number of ether oxygens (including phenoxy) is 12. The number of rotatable bonds is 68. The summed E-state index contributed by atoms with van der Waals surface area (Å²) in [6.07, 6.45) is 29.8. The summed E-state index contributed by atoms with van der Waals surface area (Å²) in [4.78, 5) is 49.4. The number of hydrogen-bond donors (Lipinski definition) is 3. The molecule has 0 spiro atoms. The second kappa shape index (κ2) is 56.8. The molecule has 522 valence electrons. The fourth-order valence-electron chi connectivity index (χ4n) is 11.4. The minimum Gasteiger partial charge on any atom is -0.481 e. The van der Waals surface area contributed by atoms with Crippen molar-refractivity contribution in [1.82, 2.24) is 20.3 Å². The van der Waals surface area contributed by atoms with E-state index in [2.05, 4.69) is 29.1 Å². The molecular formula is C68H122N4O18. The van der Waals surface area contributed by atoms with Crippen molar-refractivity contribution in [3.05, 3.63) is 24.0 Å². The number of carbonyl (C=O) groups is 4. The third kappa shape index (κ3) is 41.1. The van der Waals surface area contributed by atoms with Crippen molar-refractivity contribution in [3.63, 3.8) is 0 Å². The summed E-state index contributed by atoms with van der Waals surface area (Å²) in [6.45, 7) is 17.2. The molecule has 1 heterocycles. The largest absolute Gasteiger partial charge is 0.481 e. The highest BCUT2D eigenvalue weighted by Crippen LogP contribution is 2.53. The van der Waals surface area contributed by atoms with Gasteiger partial charge in [-0.05, 0) is 82.0 Å². The van der Waals surface area contributed by atoms with E-state index in [1.165, 1.54) is 37.8 Å². The van der Waals surface area contributed by atoms with Crippen molar-refractivity contribution in [3.8, 4) is 0 Å². The molecule has 1 amide bonds. The summed E-state index contributed by atoms with van der Waals surface area (Å²) >= 11 is 0. The van der Waals surface area contributed by atoms with Crippen molar-refractivity contribution < 1.29 is 86.2 Å². The predicted molar refractivity (Wildman–Crippen MR) is 344 cm³/mol. The van der Waals surface area contributed by atoms with Crippen LogP contribution in [0.4, 0.5) is 0 Å². The van der Waals surface area contributed by atoms with Gasteiger partial charge in [-0.25, -0.2) is 4.68 Å². The third-order valence-electron chi connectivity index (χ3n) is 16.8. The molecule has 0 aliphatic heterocycles. The van der Waals surface area contributed by atoms with Crippen molar-refractivity contribution >= 4 is 23.8 Å². The van der Waals surface area contributed by atoms with Crippen LogP contribution in [0.5, 0.6) is 0 Å². The molecule has 0 aromatic carbocycles. The summed E-state index contributed by atoms with van der Waals surface area (Å²) in [5.74, 6) is -0.554. The van der Waals surface area contributed by atoms with E-state index in [0.29, 0.717) is 208 Å². The van der Waals surface area contributed by atoms with Gasteiger partial charge in [-0.15, -0.1) is 11.7 Å². The second-order valence-electron chi connectivity index (χ2n) is 23.9. The first kappa shape index (κ1) is 80.6. The van der Waals surface area contributed by atoms with Crippen molar-refractivity contribution in [2.75, 3.05) is 159 Å². The number of aryl methyl sites for hydroxylation is 1. The number of nitrogens with one attached hydrogen (secondary N) is 1. The molecule has 0 saturated heterocycles. The van der Waals surface area contributed by atoms with Crippen LogP contribution in [-0.4, -0.2) is 208 Å². The molecule has 3 rings (SSSR count). The maximum absolute atomic E-state index is 13.6. The topological polar surface area (TPSA) is 262 Å². The molecule has 22 nitrogen and oxygen atoms in total. The van der Waals surface area contributed by atoms with Gasteiger partial charge in [0.1, 0.15) is 5.41 Å². The Labute approximate surface area is 540 Å². The molecule has 1 aromatic rings. The normalized spacial score (nSPS) is 16.0. The molecule has 90 heavy (non-hydrogen) atoms. The molecule has 0 radical (unpaired) electrons. The van der Waals surface area contributed by atoms with Gasteiger partial charge in [0.2, 0.25) is 5.91 Å². The van der Waals surface area contributed by atoms with E-state index in [-0.39, 0.29) is 25.5 Å². The molecule has 1 aromatic heterocycles. The number of carboxylic acids is 2. The standard InChI is InChI=1S/C68H122N4O18/c1-3-5-7-9-11-13-16-20-24-32-68(67(77)78,33-25-21-17-14-12-15-18-22-26-64(73)74)66(76)69-34-36-79-38-40-81-42-44-83-46-48-85-50-52-87-54-56-89-57-55-88-53-51-86-49-47-84-45-43-82-41-39-80-37-35-72-63-31-29-60-59(28-30-62(63)70-71-72)61(60)58-90-65(75)27-23-19-10-8-6-4-2/h3,59-61H,1,4-58H2,2H3,(H,69,76)(H,73,74)(H,77,78)/t59-,60+,61-,68?/m0/s1. The molecular weight excluding hydrogens is 1160 g/mol. The lowest BCUT2D eigenvalue weighted by atomic mass is 9.76. The van der Waals surface area contributed by atoms with Crippen LogP contribution in [0.25, 0.3) is 0 Å². The predicted octanol–water partition coefficient (Wildman–Crippen LogP) is 10.4. The number of hydrogen-bond acceptors (Lipinski definition) is 18. The van der Waals surface area contributed by atoms with Gasteiger partial charge in [0.15, 0.2) is 0 Å². The average molecular weight is 1280 g/mol. The minimum absolute atomic E-state index is 0.0358. The lowest BCUT2D eigenvalue weighted by Crippen LogP contribution is -2.47. The maximum Gasteiger partial charge on any atom is 0.319 e. The Morgan fingerprint density at radius 1 is 0.511 bits per heavy atom. The van der Waals surface area contributed by atoms with Crippen LogP contribution in [0, 0.1) is 23.2 Å². The number of aromatic nitrogens is 3. The molecule has 2 aliphatic rings. The van der Waals surface area contributed by atoms with E-state index in [4.69, 9.17) is 61.9 Å². The Morgan fingerprint density at radius 3 is 1.33 bits per heavy atom. The fraction of sp³-hybridized carbons (Fsp3) is 0.882. The van der Waals surface area contributed by atoms with E-state index in [0.717, 1.165) is 121 Å². The van der Waals surface area contributed by atoms with Crippen LogP contribution < -0.4 is 5.32 Å². The van der Waals surface area contributed by atoms with E-state index < -0.39 is 23.3 Å². The molecule has 1 unspecified atom stereocenters. The van der Waals surface area contributed by atoms with E-state index in [1.807, 2.05) is 10.8 Å².